The fourth-order valence-electron chi connectivity index (χ4n) is 6.01. The summed E-state index contributed by atoms with van der Waals surface area (Å²) < 4.78 is 0. The SMILES string of the molecule is CC(C)CC(N)c1ccccn1.CC(C)CC1CCC(C)C(N)C1.CCC(CC(C)C)c1ccccn1.CCC(N)CC(C)C. The quantitative estimate of drug-likeness (QED) is 0.218. The molecule has 45 heavy (non-hydrogen) atoms. The molecular weight excluding hydrogens is 550 g/mol. The molecule has 6 unspecified atom stereocenters. The molecule has 0 saturated heterocycles. The van der Waals surface area contributed by atoms with Gasteiger partial charge in [-0.1, -0.05) is 94.7 Å². The van der Waals surface area contributed by atoms with Crippen molar-refractivity contribution in [2.75, 3.05) is 0 Å². The first-order chi connectivity index (χ1) is 21.2. The molecule has 0 spiro atoms. The minimum atomic E-state index is 0.0891. The van der Waals surface area contributed by atoms with E-state index < -0.39 is 0 Å². The summed E-state index contributed by atoms with van der Waals surface area (Å²) in [7, 11) is 0. The average Bonchev–Trinajstić information content (AvgIpc) is 2.98. The predicted molar refractivity (Wildman–Crippen MR) is 199 cm³/mol. The third-order valence-corrected chi connectivity index (χ3v) is 8.62. The van der Waals surface area contributed by atoms with Crippen molar-refractivity contribution in [2.45, 2.75) is 158 Å². The van der Waals surface area contributed by atoms with Gasteiger partial charge in [0.1, 0.15) is 0 Å². The van der Waals surface area contributed by atoms with Gasteiger partial charge in [0.25, 0.3) is 0 Å². The van der Waals surface area contributed by atoms with Crippen LogP contribution in [0.15, 0.2) is 48.8 Å². The van der Waals surface area contributed by atoms with Crippen LogP contribution in [0.1, 0.15) is 157 Å². The van der Waals surface area contributed by atoms with Gasteiger partial charge in [-0.25, -0.2) is 0 Å². The van der Waals surface area contributed by atoms with E-state index in [0.717, 1.165) is 54.5 Å². The molecule has 0 radical (unpaired) electrons. The zero-order chi connectivity index (χ0) is 34.4. The van der Waals surface area contributed by atoms with Gasteiger partial charge < -0.3 is 17.2 Å². The van der Waals surface area contributed by atoms with Gasteiger partial charge in [0.2, 0.25) is 0 Å². The highest BCUT2D eigenvalue weighted by Crippen LogP contribution is 2.31. The second-order valence-corrected chi connectivity index (χ2v) is 15.2. The normalized spacial score (nSPS) is 19.9. The lowest BCUT2D eigenvalue weighted by atomic mass is 9.76. The maximum atomic E-state index is 6.04. The molecule has 5 nitrogen and oxygen atoms in total. The summed E-state index contributed by atoms with van der Waals surface area (Å²) in [6.07, 6.45) is 14.8. The zero-order valence-electron chi connectivity index (χ0n) is 31.4. The van der Waals surface area contributed by atoms with Crippen molar-refractivity contribution in [2.24, 2.45) is 52.7 Å². The maximum Gasteiger partial charge on any atom is 0.0571 e. The molecule has 1 saturated carbocycles. The van der Waals surface area contributed by atoms with Crippen molar-refractivity contribution in [3.8, 4) is 0 Å². The Labute approximate surface area is 280 Å². The summed E-state index contributed by atoms with van der Waals surface area (Å²) in [6, 6.07) is 13.0. The van der Waals surface area contributed by atoms with Gasteiger partial charge in [-0.2, -0.15) is 0 Å². The van der Waals surface area contributed by atoms with Crippen molar-refractivity contribution in [1.82, 2.24) is 9.97 Å². The molecule has 2 aromatic rings. The van der Waals surface area contributed by atoms with E-state index in [-0.39, 0.29) is 6.04 Å². The van der Waals surface area contributed by atoms with Crippen molar-refractivity contribution in [1.29, 1.82) is 0 Å². The number of nitrogens with zero attached hydrogens (tertiary/aromatic N) is 2. The molecule has 2 aromatic heterocycles. The molecular formula is C40H75N5. The van der Waals surface area contributed by atoms with Crippen LogP contribution in [-0.2, 0) is 0 Å². The van der Waals surface area contributed by atoms with Crippen molar-refractivity contribution < 1.29 is 0 Å². The van der Waals surface area contributed by atoms with Gasteiger partial charge in [-0.15, -0.1) is 0 Å². The molecule has 260 valence electrons. The van der Waals surface area contributed by atoms with E-state index in [4.69, 9.17) is 17.2 Å². The Morgan fingerprint density at radius 2 is 1.22 bits per heavy atom. The van der Waals surface area contributed by atoms with E-state index >= 15 is 0 Å². The third-order valence-electron chi connectivity index (χ3n) is 8.62. The monoisotopic (exact) mass is 626 g/mol. The molecule has 1 aliphatic rings. The van der Waals surface area contributed by atoms with E-state index in [1.165, 1.54) is 44.2 Å². The van der Waals surface area contributed by atoms with Gasteiger partial charge in [-0.05, 0) is 111 Å². The maximum absolute atomic E-state index is 6.04. The van der Waals surface area contributed by atoms with E-state index in [1.54, 1.807) is 6.20 Å². The number of rotatable bonds is 12. The number of hydrogen-bond acceptors (Lipinski definition) is 5. The number of pyridine rings is 2. The molecule has 1 fully saturated rings. The fraction of sp³-hybridized carbons (Fsp3) is 0.750. The molecule has 6 atom stereocenters. The van der Waals surface area contributed by atoms with Crippen LogP contribution in [0.2, 0.25) is 0 Å². The molecule has 0 bridgehead atoms. The van der Waals surface area contributed by atoms with E-state index in [0.29, 0.717) is 23.9 Å². The first-order valence-electron chi connectivity index (χ1n) is 18.3. The summed E-state index contributed by atoms with van der Waals surface area (Å²) in [6.45, 7) is 24.6. The summed E-state index contributed by atoms with van der Waals surface area (Å²) in [5, 5.41) is 0. The van der Waals surface area contributed by atoms with Crippen LogP contribution in [0.4, 0.5) is 0 Å². The molecule has 2 heterocycles. The highest BCUT2D eigenvalue weighted by molar-refractivity contribution is 5.09. The van der Waals surface area contributed by atoms with E-state index in [2.05, 4.69) is 98.3 Å². The Morgan fingerprint density at radius 1 is 0.689 bits per heavy atom. The molecule has 1 aliphatic carbocycles. The highest BCUT2D eigenvalue weighted by atomic mass is 14.8. The van der Waals surface area contributed by atoms with Crippen LogP contribution in [0.5, 0.6) is 0 Å². The summed E-state index contributed by atoms with van der Waals surface area (Å²) in [5.74, 6) is 5.29. The minimum Gasteiger partial charge on any atom is -0.328 e. The number of aromatic nitrogens is 2. The lowest BCUT2D eigenvalue weighted by Gasteiger charge is -2.32. The van der Waals surface area contributed by atoms with Gasteiger partial charge in [0, 0.05) is 42.1 Å². The summed E-state index contributed by atoms with van der Waals surface area (Å²) in [4.78, 5) is 8.61. The van der Waals surface area contributed by atoms with Gasteiger partial charge in [-0.3, -0.25) is 9.97 Å². The van der Waals surface area contributed by atoms with E-state index in [9.17, 15) is 0 Å². The summed E-state index contributed by atoms with van der Waals surface area (Å²) >= 11 is 0. The average molecular weight is 626 g/mol. The number of hydrogen-bond donors (Lipinski definition) is 3. The van der Waals surface area contributed by atoms with Crippen LogP contribution in [-0.4, -0.2) is 22.1 Å². The van der Waals surface area contributed by atoms with Crippen molar-refractivity contribution in [3.05, 3.63) is 60.2 Å². The van der Waals surface area contributed by atoms with Crippen molar-refractivity contribution in [3.63, 3.8) is 0 Å². The first kappa shape index (κ1) is 43.2. The Hall–Kier alpha value is -1.82. The lowest BCUT2D eigenvalue weighted by molar-refractivity contribution is 0.225. The second kappa shape index (κ2) is 25.3. The molecule has 3 rings (SSSR count). The van der Waals surface area contributed by atoms with Crippen LogP contribution in [0.25, 0.3) is 0 Å². The zero-order valence-corrected chi connectivity index (χ0v) is 31.4. The van der Waals surface area contributed by atoms with Crippen LogP contribution >= 0.6 is 0 Å². The van der Waals surface area contributed by atoms with E-state index in [1.807, 2.05) is 30.5 Å². The van der Waals surface area contributed by atoms with Gasteiger partial charge >= 0.3 is 0 Å². The minimum absolute atomic E-state index is 0.0891. The highest BCUT2D eigenvalue weighted by Gasteiger charge is 2.25. The number of nitrogens with two attached hydrogens (primary N) is 3. The molecule has 0 amide bonds. The van der Waals surface area contributed by atoms with Gasteiger partial charge in [0.05, 0.1) is 5.69 Å². The van der Waals surface area contributed by atoms with Crippen LogP contribution in [0, 0.1) is 35.5 Å². The Morgan fingerprint density at radius 3 is 1.60 bits per heavy atom. The Balaban J connectivity index is 0.000000582. The summed E-state index contributed by atoms with van der Waals surface area (Å²) in [5.41, 5.74) is 19.9. The molecule has 6 N–H and O–H groups in total. The molecule has 5 heteroatoms. The lowest BCUT2D eigenvalue weighted by Crippen LogP contribution is -2.35. The topological polar surface area (TPSA) is 104 Å². The third kappa shape index (κ3) is 22.4. The smallest absolute Gasteiger partial charge is 0.0571 e. The van der Waals surface area contributed by atoms with Crippen molar-refractivity contribution >= 4 is 0 Å². The first-order valence-corrected chi connectivity index (χ1v) is 18.3. The van der Waals surface area contributed by atoms with Crippen LogP contribution < -0.4 is 17.2 Å². The second-order valence-electron chi connectivity index (χ2n) is 15.2. The van der Waals surface area contributed by atoms with Crippen LogP contribution in [0.3, 0.4) is 0 Å². The predicted octanol–water partition coefficient (Wildman–Crippen LogP) is 10.3. The largest absolute Gasteiger partial charge is 0.328 e. The Kier molecular flexibility index (Phi) is 24.3. The molecule has 0 aliphatic heterocycles. The Bertz CT molecular complexity index is 915. The fourth-order valence-corrected chi connectivity index (χ4v) is 6.01. The standard InChI is InChI=1S/C12H19N.C11H23N.C10H16N2.C7H17N/c1-4-11(9-10(2)3)12-7-5-6-8-13-12;1-8(2)6-10-5-4-9(3)11(12)7-10;1-8(2)7-9(11)10-5-3-4-6-12-10;1-4-7(8)5-6(2)3/h5-8,10-11H,4,9H2,1-3H3;8-11H,4-7,12H2,1-3H3;3-6,8-9H,7,11H2,1-2H3;6-7H,4-5,8H2,1-3H3. The molecule has 0 aromatic carbocycles. The van der Waals surface area contributed by atoms with Gasteiger partial charge in [0.15, 0.2) is 0 Å².